The Labute approximate surface area is 120 Å². The third kappa shape index (κ3) is 4.05. The van der Waals surface area contributed by atoms with Crippen LogP contribution in [-0.2, 0) is 4.74 Å². The number of esters is 1. The third-order valence-corrected chi connectivity index (χ3v) is 2.90. The van der Waals surface area contributed by atoms with Gasteiger partial charge < -0.3 is 19.9 Å². The summed E-state index contributed by atoms with van der Waals surface area (Å²) in [7, 11) is 3.00. The van der Waals surface area contributed by atoms with E-state index in [-0.39, 0.29) is 17.4 Å². The summed E-state index contributed by atoms with van der Waals surface area (Å²) in [6.45, 7) is 6.02. The van der Waals surface area contributed by atoms with Gasteiger partial charge in [-0.25, -0.2) is 4.79 Å². The van der Waals surface area contributed by atoms with Gasteiger partial charge in [0, 0.05) is 6.07 Å². The molecule has 1 aromatic carbocycles. The Bertz CT molecular complexity index is 471. The molecule has 0 bridgehead atoms. The maximum absolute atomic E-state index is 12.2. The fourth-order valence-corrected chi connectivity index (χ4v) is 2.02. The van der Waals surface area contributed by atoms with E-state index in [0.717, 1.165) is 6.42 Å². The highest BCUT2D eigenvalue weighted by atomic mass is 16.5. The largest absolute Gasteiger partial charge is 0.497 e. The lowest BCUT2D eigenvalue weighted by atomic mass is 10.1. The van der Waals surface area contributed by atoms with Gasteiger partial charge in [0.25, 0.3) is 0 Å². The fourth-order valence-electron chi connectivity index (χ4n) is 2.02. The Kier molecular flexibility index (Phi) is 5.67. The van der Waals surface area contributed by atoms with Gasteiger partial charge in [0.05, 0.1) is 31.6 Å². The van der Waals surface area contributed by atoms with Crippen LogP contribution in [0.15, 0.2) is 12.1 Å². The molecule has 0 spiro atoms. The number of nitrogens with two attached hydrogens (primary N) is 1. The number of rotatable bonds is 6. The van der Waals surface area contributed by atoms with Crippen molar-refractivity contribution >= 4 is 11.7 Å². The number of ether oxygens (including phenoxy) is 3. The van der Waals surface area contributed by atoms with E-state index in [9.17, 15) is 4.79 Å². The normalized spacial score (nSPS) is 12.1. The first-order valence-electron chi connectivity index (χ1n) is 6.61. The number of methoxy groups -OCH3 is 2. The number of nitrogen functional groups attached to an aromatic ring is 1. The average Bonchev–Trinajstić information content (AvgIpc) is 2.37. The number of carbonyl (C=O) groups excluding carboxylic acids is 1. The van der Waals surface area contributed by atoms with Crippen molar-refractivity contribution in [3.63, 3.8) is 0 Å². The molecular formula is C15H23NO4. The summed E-state index contributed by atoms with van der Waals surface area (Å²) in [5, 5.41) is 0. The third-order valence-electron chi connectivity index (χ3n) is 2.90. The molecule has 2 N–H and O–H groups in total. The first kappa shape index (κ1) is 16.1. The van der Waals surface area contributed by atoms with E-state index in [1.54, 1.807) is 12.1 Å². The van der Waals surface area contributed by atoms with Crippen LogP contribution in [0.1, 0.15) is 37.6 Å². The minimum absolute atomic E-state index is 0.168. The molecule has 1 aromatic rings. The van der Waals surface area contributed by atoms with E-state index in [2.05, 4.69) is 13.8 Å². The van der Waals surface area contributed by atoms with Gasteiger partial charge in [0.1, 0.15) is 11.5 Å². The molecule has 1 unspecified atom stereocenters. The lowest BCUT2D eigenvalue weighted by Gasteiger charge is -2.17. The highest BCUT2D eigenvalue weighted by Crippen LogP contribution is 2.31. The van der Waals surface area contributed by atoms with Crippen molar-refractivity contribution in [3.05, 3.63) is 17.7 Å². The Hall–Kier alpha value is -1.91. The van der Waals surface area contributed by atoms with Crippen LogP contribution in [0.3, 0.4) is 0 Å². The summed E-state index contributed by atoms with van der Waals surface area (Å²) >= 11 is 0. The lowest BCUT2D eigenvalue weighted by Crippen LogP contribution is -2.18. The predicted molar refractivity (Wildman–Crippen MR) is 78.3 cm³/mol. The lowest BCUT2D eigenvalue weighted by molar-refractivity contribution is 0.0300. The van der Waals surface area contributed by atoms with Gasteiger partial charge in [-0.15, -0.1) is 0 Å². The van der Waals surface area contributed by atoms with Crippen LogP contribution in [0.4, 0.5) is 5.69 Å². The second kappa shape index (κ2) is 7.03. The van der Waals surface area contributed by atoms with Crippen LogP contribution in [0.25, 0.3) is 0 Å². The van der Waals surface area contributed by atoms with Gasteiger partial charge in [-0.05, 0) is 25.3 Å². The van der Waals surface area contributed by atoms with Gasteiger partial charge >= 0.3 is 5.97 Å². The molecule has 1 atom stereocenters. The molecule has 0 aliphatic carbocycles. The standard InChI is InChI=1S/C15H23NO4/c1-9(2)6-10(3)20-15(17)12-7-11(18-4)8-13(19-5)14(12)16/h7-10H,6,16H2,1-5H3. The van der Waals surface area contributed by atoms with E-state index in [0.29, 0.717) is 17.4 Å². The summed E-state index contributed by atoms with van der Waals surface area (Å²) in [6.07, 6.45) is 0.631. The minimum Gasteiger partial charge on any atom is -0.497 e. The second-order valence-corrected chi connectivity index (χ2v) is 5.14. The number of carbonyl (C=O) groups is 1. The zero-order valence-electron chi connectivity index (χ0n) is 12.7. The molecule has 0 aliphatic rings. The van der Waals surface area contributed by atoms with Gasteiger partial charge in [0.15, 0.2) is 0 Å². The first-order chi connectivity index (χ1) is 9.38. The molecule has 0 heterocycles. The molecule has 0 aliphatic heterocycles. The Morgan fingerprint density at radius 2 is 1.85 bits per heavy atom. The molecule has 20 heavy (non-hydrogen) atoms. The van der Waals surface area contributed by atoms with Crippen molar-refractivity contribution in [2.75, 3.05) is 20.0 Å². The van der Waals surface area contributed by atoms with E-state index in [1.165, 1.54) is 14.2 Å². The van der Waals surface area contributed by atoms with Crippen molar-refractivity contribution < 1.29 is 19.0 Å². The van der Waals surface area contributed by atoms with Crippen LogP contribution in [0, 0.1) is 5.92 Å². The average molecular weight is 281 g/mol. The summed E-state index contributed by atoms with van der Waals surface area (Å²) in [6, 6.07) is 3.19. The molecule has 0 saturated heterocycles. The molecule has 0 amide bonds. The zero-order valence-corrected chi connectivity index (χ0v) is 12.7. The molecule has 5 nitrogen and oxygen atoms in total. The smallest absolute Gasteiger partial charge is 0.340 e. The monoisotopic (exact) mass is 281 g/mol. The van der Waals surface area contributed by atoms with Crippen LogP contribution in [0.2, 0.25) is 0 Å². The Morgan fingerprint density at radius 3 is 2.35 bits per heavy atom. The molecule has 112 valence electrons. The van der Waals surface area contributed by atoms with Gasteiger partial charge in [-0.3, -0.25) is 0 Å². The molecule has 5 heteroatoms. The number of benzene rings is 1. The molecular weight excluding hydrogens is 258 g/mol. The van der Waals surface area contributed by atoms with Crippen LogP contribution in [-0.4, -0.2) is 26.3 Å². The topological polar surface area (TPSA) is 70.8 Å². The highest BCUT2D eigenvalue weighted by Gasteiger charge is 2.19. The summed E-state index contributed by atoms with van der Waals surface area (Å²) in [4.78, 5) is 12.2. The molecule has 0 saturated carbocycles. The van der Waals surface area contributed by atoms with Crippen molar-refractivity contribution in [3.8, 4) is 11.5 Å². The Balaban J connectivity index is 2.97. The minimum atomic E-state index is -0.465. The Morgan fingerprint density at radius 1 is 1.20 bits per heavy atom. The molecule has 0 aromatic heterocycles. The first-order valence-corrected chi connectivity index (χ1v) is 6.61. The molecule has 0 fully saturated rings. The van der Waals surface area contributed by atoms with E-state index in [1.807, 2.05) is 6.92 Å². The van der Waals surface area contributed by atoms with Gasteiger partial charge in [-0.1, -0.05) is 13.8 Å². The van der Waals surface area contributed by atoms with Crippen molar-refractivity contribution in [2.45, 2.75) is 33.3 Å². The summed E-state index contributed by atoms with van der Waals surface area (Å²) in [5.74, 6) is 0.884. The zero-order chi connectivity index (χ0) is 15.3. The van der Waals surface area contributed by atoms with Gasteiger partial charge in [-0.2, -0.15) is 0 Å². The van der Waals surface area contributed by atoms with Crippen LogP contribution in [0.5, 0.6) is 11.5 Å². The maximum atomic E-state index is 12.2. The molecule has 1 rings (SSSR count). The SMILES string of the molecule is COc1cc(OC)c(N)c(C(=O)OC(C)CC(C)C)c1. The van der Waals surface area contributed by atoms with E-state index < -0.39 is 5.97 Å². The van der Waals surface area contributed by atoms with Crippen LogP contribution < -0.4 is 15.2 Å². The maximum Gasteiger partial charge on any atom is 0.340 e. The number of anilines is 1. The van der Waals surface area contributed by atoms with E-state index in [4.69, 9.17) is 19.9 Å². The summed E-state index contributed by atoms with van der Waals surface area (Å²) in [5.41, 5.74) is 6.43. The number of hydrogen-bond donors (Lipinski definition) is 1. The quantitative estimate of drug-likeness (QED) is 0.641. The molecule has 0 radical (unpaired) electrons. The highest BCUT2D eigenvalue weighted by molar-refractivity contribution is 5.97. The second-order valence-electron chi connectivity index (χ2n) is 5.14. The predicted octanol–water partition coefficient (Wildman–Crippen LogP) is 2.88. The summed E-state index contributed by atoms with van der Waals surface area (Å²) < 4.78 is 15.7. The van der Waals surface area contributed by atoms with Crippen LogP contribution >= 0.6 is 0 Å². The van der Waals surface area contributed by atoms with Gasteiger partial charge in [0.2, 0.25) is 0 Å². The number of hydrogen-bond acceptors (Lipinski definition) is 5. The van der Waals surface area contributed by atoms with E-state index >= 15 is 0 Å². The van der Waals surface area contributed by atoms with Crippen molar-refractivity contribution in [1.29, 1.82) is 0 Å². The van der Waals surface area contributed by atoms with Crippen molar-refractivity contribution in [1.82, 2.24) is 0 Å². The van der Waals surface area contributed by atoms with Crippen molar-refractivity contribution in [2.24, 2.45) is 5.92 Å². The fraction of sp³-hybridized carbons (Fsp3) is 0.533.